The fourth-order valence-corrected chi connectivity index (χ4v) is 4.43. The highest BCUT2D eigenvalue weighted by Crippen LogP contribution is 2.48. The van der Waals surface area contributed by atoms with Gasteiger partial charge in [-0.3, -0.25) is 0 Å². The SMILES string of the molecule is CC1(C)C[C@@]2(C[C@@H](c3ccccc3Cl)c3ccc(O)cc3O2)NC(=O)N1. The molecule has 4 rings (SSSR count). The first-order chi connectivity index (χ1) is 12.3. The first-order valence-corrected chi connectivity index (χ1v) is 9.01. The number of phenols is 1. The highest BCUT2D eigenvalue weighted by atomic mass is 35.5. The predicted molar refractivity (Wildman–Crippen MR) is 99.7 cm³/mol. The maximum Gasteiger partial charge on any atom is 0.318 e. The van der Waals surface area contributed by atoms with E-state index >= 15 is 0 Å². The Morgan fingerprint density at radius 3 is 2.65 bits per heavy atom. The quantitative estimate of drug-likeness (QED) is 0.704. The van der Waals surface area contributed by atoms with Crippen molar-refractivity contribution < 1.29 is 14.6 Å². The minimum absolute atomic E-state index is 0.0535. The molecule has 0 aliphatic carbocycles. The van der Waals surface area contributed by atoms with E-state index in [-0.39, 0.29) is 17.7 Å². The van der Waals surface area contributed by atoms with Gasteiger partial charge in [0.25, 0.3) is 0 Å². The van der Waals surface area contributed by atoms with E-state index in [0.29, 0.717) is 23.6 Å². The van der Waals surface area contributed by atoms with Gasteiger partial charge in [-0.05, 0) is 31.5 Å². The summed E-state index contributed by atoms with van der Waals surface area (Å²) in [6, 6.07) is 12.6. The molecule has 2 aromatic carbocycles. The summed E-state index contributed by atoms with van der Waals surface area (Å²) in [5, 5.41) is 16.5. The summed E-state index contributed by atoms with van der Waals surface area (Å²) in [5.74, 6) is 0.639. The van der Waals surface area contributed by atoms with Gasteiger partial charge in [-0.15, -0.1) is 0 Å². The fraction of sp³-hybridized carbons (Fsp3) is 0.350. The van der Waals surface area contributed by atoms with E-state index in [0.717, 1.165) is 11.1 Å². The van der Waals surface area contributed by atoms with E-state index in [4.69, 9.17) is 16.3 Å². The van der Waals surface area contributed by atoms with Gasteiger partial charge >= 0.3 is 6.03 Å². The third-order valence-electron chi connectivity index (χ3n) is 5.01. The molecule has 0 aromatic heterocycles. The first-order valence-electron chi connectivity index (χ1n) is 8.64. The van der Waals surface area contributed by atoms with Crippen LogP contribution in [0.1, 0.15) is 43.7 Å². The summed E-state index contributed by atoms with van der Waals surface area (Å²) in [4.78, 5) is 12.3. The van der Waals surface area contributed by atoms with Crippen LogP contribution in [0.5, 0.6) is 11.5 Å². The second kappa shape index (κ2) is 5.81. The number of fused-ring (bicyclic) bond motifs is 1. The number of halogens is 1. The third-order valence-corrected chi connectivity index (χ3v) is 5.36. The van der Waals surface area contributed by atoms with Crippen molar-refractivity contribution in [1.29, 1.82) is 0 Å². The second-order valence-electron chi connectivity index (χ2n) is 7.74. The summed E-state index contributed by atoms with van der Waals surface area (Å²) in [7, 11) is 0. The van der Waals surface area contributed by atoms with Crippen LogP contribution in [0.2, 0.25) is 5.02 Å². The zero-order valence-corrected chi connectivity index (χ0v) is 15.4. The Labute approximate surface area is 157 Å². The average Bonchev–Trinajstić information content (AvgIpc) is 2.52. The zero-order valence-electron chi connectivity index (χ0n) is 14.7. The maximum absolute atomic E-state index is 12.3. The van der Waals surface area contributed by atoms with E-state index in [1.165, 1.54) is 0 Å². The molecule has 2 heterocycles. The number of aromatic hydroxyl groups is 1. The summed E-state index contributed by atoms with van der Waals surface area (Å²) in [5.41, 5.74) is 0.652. The lowest BCUT2D eigenvalue weighted by molar-refractivity contribution is -0.0235. The van der Waals surface area contributed by atoms with Gasteiger partial charge in [-0.1, -0.05) is 35.9 Å². The van der Waals surface area contributed by atoms with Crippen LogP contribution in [-0.2, 0) is 0 Å². The molecule has 2 aromatic rings. The number of ether oxygens (including phenoxy) is 1. The first kappa shape index (κ1) is 17.0. The highest BCUT2D eigenvalue weighted by molar-refractivity contribution is 6.31. The summed E-state index contributed by atoms with van der Waals surface area (Å²) < 4.78 is 6.26. The molecule has 0 unspecified atom stereocenters. The van der Waals surface area contributed by atoms with Crippen molar-refractivity contribution in [1.82, 2.24) is 10.6 Å². The fourth-order valence-electron chi connectivity index (χ4n) is 4.16. The molecule has 1 fully saturated rings. The minimum atomic E-state index is -0.865. The molecule has 26 heavy (non-hydrogen) atoms. The highest BCUT2D eigenvalue weighted by Gasteiger charge is 2.49. The number of nitrogens with one attached hydrogen (secondary N) is 2. The summed E-state index contributed by atoms with van der Waals surface area (Å²) in [6.07, 6.45) is 1.15. The average molecular weight is 373 g/mol. The second-order valence-corrected chi connectivity index (χ2v) is 8.14. The Kier molecular flexibility index (Phi) is 3.81. The lowest BCUT2D eigenvalue weighted by Crippen LogP contribution is -2.69. The van der Waals surface area contributed by atoms with Crippen molar-refractivity contribution in [3.63, 3.8) is 0 Å². The summed E-state index contributed by atoms with van der Waals surface area (Å²) in [6.45, 7) is 3.94. The normalized spacial score (nSPS) is 26.4. The number of carbonyl (C=O) groups is 1. The number of hydrogen-bond acceptors (Lipinski definition) is 3. The van der Waals surface area contributed by atoms with E-state index in [2.05, 4.69) is 10.6 Å². The number of urea groups is 1. The molecule has 5 nitrogen and oxygen atoms in total. The van der Waals surface area contributed by atoms with Crippen molar-refractivity contribution in [2.45, 2.75) is 43.9 Å². The Hall–Kier alpha value is -2.40. The maximum atomic E-state index is 12.3. The predicted octanol–water partition coefficient (Wildman–Crippen LogP) is 4.14. The lowest BCUT2D eigenvalue weighted by atomic mass is 9.77. The van der Waals surface area contributed by atoms with Crippen molar-refractivity contribution >= 4 is 17.6 Å². The Balaban J connectivity index is 1.84. The van der Waals surface area contributed by atoms with Crippen LogP contribution in [0.15, 0.2) is 42.5 Å². The monoisotopic (exact) mass is 372 g/mol. The number of benzene rings is 2. The molecule has 6 heteroatoms. The molecular formula is C20H21ClN2O3. The summed E-state index contributed by atoms with van der Waals surface area (Å²) >= 11 is 6.48. The molecule has 1 saturated heterocycles. The molecule has 1 spiro atoms. The van der Waals surface area contributed by atoms with Gasteiger partial charge in [-0.2, -0.15) is 0 Å². The van der Waals surface area contributed by atoms with Gasteiger partial charge in [-0.25, -0.2) is 4.79 Å². The molecule has 0 bridgehead atoms. The molecule has 2 atom stereocenters. The van der Waals surface area contributed by atoms with Crippen LogP contribution >= 0.6 is 11.6 Å². The molecule has 0 radical (unpaired) electrons. The topological polar surface area (TPSA) is 70.6 Å². The van der Waals surface area contributed by atoms with Crippen LogP contribution in [0.4, 0.5) is 4.79 Å². The van der Waals surface area contributed by atoms with Crippen molar-refractivity contribution in [2.24, 2.45) is 0 Å². The number of hydrogen-bond donors (Lipinski definition) is 3. The molecule has 136 valence electrons. The molecule has 2 amide bonds. The van der Waals surface area contributed by atoms with Crippen molar-refractivity contribution in [2.75, 3.05) is 0 Å². The number of rotatable bonds is 1. The molecule has 2 aliphatic rings. The Bertz CT molecular complexity index is 883. The lowest BCUT2D eigenvalue weighted by Gasteiger charge is -2.49. The van der Waals surface area contributed by atoms with Crippen LogP contribution in [0.25, 0.3) is 0 Å². The van der Waals surface area contributed by atoms with Gasteiger partial charge < -0.3 is 20.5 Å². The smallest absolute Gasteiger partial charge is 0.318 e. The van der Waals surface area contributed by atoms with E-state index in [1.54, 1.807) is 12.1 Å². The van der Waals surface area contributed by atoms with Gasteiger partial charge in [0.05, 0.1) is 0 Å². The zero-order chi connectivity index (χ0) is 18.5. The largest absolute Gasteiger partial charge is 0.508 e. The van der Waals surface area contributed by atoms with Crippen LogP contribution in [0, 0.1) is 0 Å². The van der Waals surface area contributed by atoms with Crippen molar-refractivity contribution in [3.05, 3.63) is 58.6 Å². The Morgan fingerprint density at radius 2 is 1.92 bits per heavy atom. The van der Waals surface area contributed by atoms with E-state index in [9.17, 15) is 9.90 Å². The third kappa shape index (κ3) is 2.97. The molecular weight excluding hydrogens is 352 g/mol. The standard InChI is InChI=1S/C20H21ClN2O3/c1-19(2)11-20(23-18(25)22-19)10-15(13-5-3-4-6-16(13)21)14-8-7-12(24)9-17(14)26-20/h3-9,15,24H,10-11H2,1-2H3,(H2,22,23,25)/t15-,20-/m0/s1. The van der Waals surface area contributed by atoms with Gasteiger partial charge in [0.15, 0.2) is 5.72 Å². The van der Waals surface area contributed by atoms with Gasteiger partial charge in [0.1, 0.15) is 11.5 Å². The number of carbonyl (C=O) groups excluding carboxylic acids is 1. The number of phenolic OH excluding ortho intramolecular Hbond substituents is 1. The van der Waals surface area contributed by atoms with E-state index < -0.39 is 11.3 Å². The van der Waals surface area contributed by atoms with Crippen molar-refractivity contribution in [3.8, 4) is 11.5 Å². The van der Waals surface area contributed by atoms with Crippen LogP contribution in [0.3, 0.4) is 0 Å². The number of amides is 2. The Morgan fingerprint density at radius 1 is 1.15 bits per heavy atom. The molecule has 3 N–H and O–H groups in total. The van der Waals surface area contributed by atoms with Crippen LogP contribution in [-0.4, -0.2) is 22.4 Å². The van der Waals surface area contributed by atoms with Gasteiger partial charge in [0.2, 0.25) is 0 Å². The molecule has 0 saturated carbocycles. The molecule has 2 aliphatic heterocycles. The van der Waals surface area contributed by atoms with Gasteiger partial charge in [0, 0.05) is 41.0 Å². The minimum Gasteiger partial charge on any atom is -0.508 e. The van der Waals surface area contributed by atoms with Crippen LogP contribution < -0.4 is 15.4 Å². The van der Waals surface area contributed by atoms with E-state index in [1.807, 2.05) is 44.2 Å².